The van der Waals surface area contributed by atoms with Crippen LogP contribution in [0.5, 0.6) is 5.75 Å². The van der Waals surface area contributed by atoms with Crippen LogP contribution in [0.25, 0.3) is 0 Å². The van der Waals surface area contributed by atoms with Gasteiger partial charge in [-0.15, -0.1) is 0 Å². The minimum atomic E-state index is -1.71. The Balaban J connectivity index is 2.01. The predicted octanol–water partition coefficient (Wildman–Crippen LogP) is 6.77. The number of halogens is 2. The van der Waals surface area contributed by atoms with Gasteiger partial charge in [0.25, 0.3) is 0 Å². The van der Waals surface area contributed by atoms with Crippen molar-refractivity contribution in [3.05, 3.63) is 41.1 Å². The van der Waals surface area contributed by atoms with E-state index in [0.29, 0.717) is 5.75 Å². The zero-order valence-corrected chi connectivity index (χ0v) is 20.6. The van der Waals surface area contributed by atoms with Crippen LogP contribution >= 0.6 is 23.4 Å². The van der Waals surface area contributed by atoms with Crippen molar-refractivity contribution in [2.45, 2.75) is 68.1 Å². The number of ether oxygens (including phenoxy) is 1. The van der Waals surface area contributed by atoms with Crippen molar-refractivity contribution in [2.75, 3.05) is 13.7 Å². The van der Waals surface area contributed by atoms with E-state index in [1.807, 2.05) is 0 Å². The van der Waals surface area contributed by atoms with Gasteiger partial charge in [0.15, 0.2) is 8.32 Å². The molecule has 0 N–H and O–H groups in total. The third-order valence-electron chi connectivity index (χ3n) is 5.24. The first-order valence-corrected chi connectivity index (χ1v) is 13.8. The number of aryl methyl sites for hydroxylation is 1. The summed E-state index contributed by atoms with van der Waals surface area (Å²) >= 11 is 7.42. The Labute approximate surface area is 183 Å². The summed E-state index contributed by atoms with van der Waals surface area (Å²) in [7, 11) is -0.187. The lowest BCUT2D eigenvalue weighted by Crippen LogP contribution is -2.40. The first-order chi connectivity index (χ1) is 13.5. The molecule has 0 unspecified atom stereocenters. The maximum absolute atomic E-state index is 13.5. The van der Waals surface area contributed by atoms with Gasteiger partial charge in [0.05, 0.1) is 12.0 Å². The molecule has 0 aliphatic carbocycles. The molecule has 0 amide bonds. The second-order valence-corrected chi connectivity index (χ2v) is 14.6. The number of benzene rings is 1. The summed E-state index contributed by atoms with van der Waals surface area (Å²) in [6.45, 7) is 12.0. The van der Waals surface area contributed by atoms with Crippen LogP contribution in [0, 0.1) is 5.82 Å². The SMILES string of the molecule is COc1cc(F)ccc1Sc1nc(Cl)ncc1CCCCO[Si](C)(C)C(C)(C)C. The Hall–Kier alpha value is -1.15. The Morgan fingerprint density at radius 2 is 1.93 bits per heavy atom. The standard InChI is InChI=1S/C21H30ClFN2O2SSi/c1-21(2,3)29(5,6)27-12-8-7-9-15-14-24-20(22)25-19(15)28-18-11-10-16(23)13-17(18)26-4/h10-11,13-14H,7-9,12H2,1-6H3. The molecule has 8 heteroatoms. The first kappa shape index (κ1) is 24.1. The Kier molecular flexibility index (Phi) is 8.52. The molecule has 0 fully saturated rings. The van der Waals surface area contributed by atoms with Gasteiger partial charge in [0.2, 0.25) is 5.28 Å². The third-order valence-corrected chi connectivity index (χ3v) is 11.1. The van der Waals surface area contributed by atoms with Crippen molar-refractivity contribution in [3.63, 3.8) is 0 Å². The van der Waals surface area contributed by atoms with Crippen molar-refractivity contribution in [1.29, 1.82) is 0 Å². The lowest BCUT2D eigenvalue weighted by Gasteiger charge is -2.36. The van der Waals surface area contributed by atoms with Gasteiger partial charge in [0.1, 0.15) is 16.6 Å². The largest absolute Gasteiger partial charge is 0.495 e. The molecule has 160 valence electrons. The summed E-state index contributed by atoms with van der Waals surface area (Å²) < 4.78 is 25.0. The van der Waals surface area contributed by atoms with Gasteiger partial charge in [-0.05, 0) is 61.1 Å². The minimum Gasteiger partial charge on any atom is -0.495 e. The highest BCUT2D eigenvalue weighted by molar-refractivity contribution is 7.99. The van der Waals surface area contributed by atoms with E-state index < -0.39 is 8.32 Å². The van der Waals surface area contributed by atoms with Gasteiger partial charge in [0, 0.05) is 24.4 Å². The fourth-order valence-corrected chi connectivity index (χ4v) is 4.70. The maximum atomic E-state index is 13.5. The van der Waals surface area contributed by atoms with E-state index in [2.05, 4.69) is 43.8 Å². The molecule has 29 heavy (non-hydrogen) atoms. The average molecular weight is 457 g/mol. The second-order valence-electron chi connectivity index (χ2n) is 8.43. The first-order valence-electron chi connectivity index (χ1n) is 9.70. The molecule has 0 atom stereocenters. The fraction of sp³-hybridized carbons (Fsp3) is 0.524. The second kappa shape index (κ2) is 10.2. The number of nitrogens with zero attached hydrogens (tertiary/aromatic N) is 2. The number of methoxy groups -OCH3 is 1. The van der Waals surface area contributed by atoms with Gasteiger partial charge >= 0.3 is 0 Å². The van der Waals surface area contributed by atoms with E-state index in [1.165, 1.54) is 31.0 Å². The quantitative estimate of drug-likeness (QED) is 0.180. The van der Waals surface area contributed by atoms with Crippen molar-refractivity contribution in [2.24, 2.45) is 0 Å². The smallest absolute Gasteiger partial charge is 0.223 e. The summed E-state index contributed by atoms with van der Waals surface area (Å²) in [5.41, 5.74) is 1.01. The number of hydrogen-bond acceptors (Lipinski definition) is 5. The molecule has 0 spiro atoms. The summed E-state index contributed by atoms with van der Waals surface area (Å²) in [5.74, 6) is 0.132. The molecular formula is C21H30ClFN2O2SSi. The molecular weight excluding hydrogens is 427 g/mol. The molecule has 1 aromatic carbocycles. The molecule has 0 saturated carbocycles. The van der Waals surface area contributed by atoms with E-state index in [0.717, 1.165) is 41.4 Å². The van der Waals surface area contributed by atoms with Crippen LogP contribution in [0.2, 0.25) is 23.4 Å². The number of unbranched alkanes of at least 4 members (excludes halogenated alkanes) is 1. The summed E-state index contributed by atoms with van der Waals surface area (Å²) in [5, 5.41) is 1.17. The summed E-state index contributed by atoms with van der Waals surface area (Å²) in [4.78, 5) is 9.30. The van der Waals surface area contributed by atoms with E-state index in [1.54, 1.807) is 12.3 Å². The van der Waals surface area contributed by atoms with E-state index in [-0.39, 0.29) is 16.1 Å². The molecule has 0 aliphatic heterocycles. The molecule has 1 aromatic heterocycles. The molecule has 0 radical (unpaired) electrons. The highest BCUT2D eigenvalue weighted by Crippen LogP contribution is 2.37. The van der Waals surface area contributed by atoms with E-state index in [9.17, 15) is 4.39 Å². The molecule has 4 nitrogen and oxygen atoms in total. The van der Waals surface area contributed by atoms with Gasteiger partial charge in [-0.2, -0.15) is 0 Å². The van der Waals surface area contributed by atoms with Gasteiger partial charge < -0.3 is 9.16 Å². The van der Waals surface area contributed by atoms with Crippen molar-refractivity contribution < 1.29 is 13.6 Å². The minimum absolute atomic E-state index is 0.193. The lowest BCUT2D eigenvalue weighted by molar-refractivity contribution is 0.279. The van der Waals surface area contributed by atoms with Crippen LogP contribution in [0.3, 0.4) is 0 Å². The molecule has 0 bridgehead atoms. The van der Waals surface area contributed by atoms with Gasteiger partial charge in [-0.25, -0.2) is 14.4 Å². The lowest BCUT2D eigenvalue weighted by atomic mass is 10.1. The van der Waals surface area contributed by atoms with E-state index >= 15 is 0 Å². The Morgan fingerprint density at radius 1 is 1.21 bits per heavy atom. The third kappa shape index (κ3) is 6.95. The van der Waals surface area contributed by atoms with Gasteiger partial charge in [-0.1, -0.05) is 32.5 Å². The fourth-order valence-electron chi connectivity index (χ4n) is 2.42. The number of hydrogen-bond donors (Lipinski definition) is 0. The van der Waals surface area contributed by atoms with Crippen LogP contribution < -0.4 is 4.74 Å². The number of aromatic nitrogens is 2. The monoisotopic (exact) mass is 456 g/mol. The van der Waals surface area contributed by atoms with Crippen LogP contribution in [0.15, 0.2) is 34.3 Å². The van der Waals surface area contributed by atoms with Crippen LogP contribution in [-0.2, 0) is 10.8 Å². The van der Waals surface area contributed by atoms with E-state index in [4.69, 9.17) is 20.8 Å². The zero-order chi connectivity index (χ0) is 21.7. The van der Waals surface area contributed by atoms with Crippen molar-refractivity contribution >= 4 is 31.7 Å². The van der Waals surface area contributed by atoms with Crippen LogP contribution in [-0.4, -0.2) is 32.0 Å². The predicted molar refractivity (Wildman–Crippen MR) is 120 cm³/mol. The molecule has 0 saturated heterocycles. The summed E-state index contributed by atoms with van der Waals surface area (Å²) in [6.07, 6.45) is 4.53. The highest BCUT2D eigenvalue weighted by atomic mass is 35.5. The topological polar surface area (TPSA) is 44.2 Å². The average Bonchev–Trinajstić information content (AvgIpc) is 2.63. The normalized spacial score (nSPS) is 12.3. The summed E-state index contributed by atoms with van der Waals surface area (Å²) in [6, 6.07) is 4.46. The Morgan fingerprint density at radius 3 is 2.59 bits per heavy atom. The molecule has 0 aliphatic rings. The molecule has 2 aromatic rings. The van der Waals surface area contributed by atoms with Crippen molar-refractivity contribution in [1.82, 2.24) is 9.97 Å². The Bertz CT molecular complexity index is 831. The van der Waals surface area contributed by atoms with Crippen molar-refractivity contribution in [3.8, 4) is 5.75 Å². The number of rotatable bonds is 9. The zero-order valence-electron chi connectivity index (χ0n) is 18.0. The molecule has 1 heterocycles. The maximum Gasteiger partial charge on any atom is 0.223 e. The van der Waals surface area contributed by atoms with Crippen LogP contribution in [0.1, 0.15) is 39.2 Å². The van der Waals surface area contributed by atoms with Crippen LogP contribution in [0.4, 0.5) is 4.39 Å². The molecule has 2 rings (SSSR count). The highest BCUT2D eigenvalue weighted by Gasteiger charge is 2.36. The van der Waals surface area contributed by atoms with Gasteiger partial charge in [-0.3, -0.25) is 0 Å².